The van der Waals surface area contributed by atoms with Crippen LogP contribution in [-0.4, -0.2) is 29.1 Å². The molecule has 0 amide bonds. The van der Waals surface area contributed by atoms with Gasteiger partial charge in [-0.25, -0.2) is 13.1 Å². The molecule has 0 heterocycles. The Bertz CT molecular complexity index is 595. The van der Waals surface area contributed by atoms with Gasteiger partial charge >= 0.3 is 0 Å². The zero-order valence-electron chi connectivity index (χ0n) is 12.9. The van der Waals surface area contributed by atoms with E-state index in [1.807, 2.05) is 13.1 Å². The SMILES string of the molecule is CCC1(CNS(=O)(=O)c2cc(CNC)ccc2OC)CC1. The predicted octanol–water partition coefficient (Wildman–Crippen LogP) is 1.88. The molecule has 0 aliphatic heterocycles. The van der Waals surface area contributed by atoms with Crippen LogP contribution in [0.15, 0.2) is 23.1 Å². The first-order chi connectivity index (χ1) is 9.96. The van der Waals surface area contributed by atoms with Gasteiger partial charge in [0.15, 0.2) is 0 Å². The average Bonchev–Trinajstić information content (AvgIpc) is 3.26. The number of nitrogens with one attached hydrogen (secondary N) is 2. The van der Waals surface area contributed by atoms with E-state index in [1.165, 1.54) is 7.11 Å². The molecule has 1 aromatic rings. The van der Waals surface area contributed by atoms with Crippen LogP contribution < -0.4 is 14.8 Å². The molecule has 0 saturated heterocycles. The normalized spacial score (nSPS) is 16.7. The Labute approximate surface area is 127 Å². The molecule has 0 spiro atoms. The third-order valence-corrected chi connectivity index (χ3v) is 5.67. The van der Waals surface area contributed by atoms with Crippen LogP contribution in [0.3, 0.4) is 0 Å². The van der Waals surface area contributed by atoms with E-state index in [0.29, 0.717) is 18.8 Å². The maximum Gasteiger partial charge on any atom is 0.244 e. The van der Waals surface area contributed by atoms with E-state index in [-0.39, 0.29) is 10.3 Å². The topological polar surface area (TPSA) is 67.4 Å². The van der Waals surface area contributed by atoms with Crippen LogP contribution >= 0.6 is 0 Å². The lowest BCUT2D eigenvalue weighted by molar-refractivity contribution is 0.401. The van der Waals surface area contributed by atoms with Crippen molar-refractivity contribution in [3.05, 3.63) is 23.8 Å². The average molecular weight is 312 g/mol. The lowest BCUT2D eigenvalue weighted by Crippen LogP contribution is -2.30. The zero-order chi connectivity index (χ0) is 15.5. The fraction of sp³-hybridized carbons (Fsp3) is 0.600. The summed E-state index contributed by atoms with van der Waals surface area (Å²) in [5.41, 5.74) is 1.08. The van der Waals surface area contributed by atoms with E-state index >= 15 is 0 Å². The van der Waals surface area contributed by atoms with Crippen molar-refractivity contribution in [3.8, 4) is 5.75 Å². The molecule has 1 saturated carbocycles. The molecule has 2 rings (SSSR count). The van der Waals surface area contributed by atoms with Crippen molar-refractivity contribution in [1.82, 2.24) is 10.0 Å². The lowest BCUT2D eigenvalue weighted by Gasteiger charge is -2.16. The molecular formula is C15H24N2O3S. The highest BCUT2D eigenvalue weighted by molar-refractivity contribution is 7.89. The number of benzene rings is 1. The molecule has 1 aliphatic rings. The number of sulfonamides is 1. The van der Waals surface area contributed by atoms with Gasteiger partial charge in [0.2, 0.25) is 10.0 Å². The van der Waals surface area contributed by atoms with E-state index in [2.05, 4.69) is 17.0 Å². The Kier molecular flexibility index (Phi) is 4.91. The minimum absolute atomic E-state index is 0.170. The van der Waals surface area contributed by atoms with Crippen molar-refractivity contribution in [2.45, 2.75) is 37.6 Å². The summed E-state index contributed by atoms with van der Waals surface area (Å²) in [5.74, 6) is 0.378. The molecule has 0 bridgehead atoms. The minimum Gasteiger partial charge on any atom is -0.495 e. The first kappa shape index (κ1) is 16.3. The van der Waals surface area contributed by atoms with Crippen molar-refractivity contribution in [2.75, 3.05) is 20.7 Å². The van der Waals surface area contributed by atoms with Crippen molar-refractivity contribution in [1.29, 1.82) is 0 Å². The summed E-state index contributed by atoms with van der Waals surface area (Å²) in [6.07, 6.45) is 3.21. The molecule has 0 aromatic heterocycles. The third kappa shape index (κ3) is 3.75. The Morgan fingerprint density at radius 2 is 2.05 bits per heavy atom. The number of hydrogen-bond acceptors (Lipinski definition) is 4. The van der Waals surface area contributed by atoms with Gasteiger partial charge in [0.05, 0.1) is 7.11 Å². The monoisotopic (exact) mass is 312 g/mol. The number of rotatable bonds is 8. The maximum absolute atomic E-state index is 12.5. The van der Waals surface area contributed by atoms with Crippen LogP contribution in [0.4, 0.5) is 0 Å². The number of methoxy groups -OCH3 is 1. The van der Waals surface area contributed by atoms with Gasteiger partial charge in [-0.05, 0) is 49.4 Å². The Morgan fingerprint density at radius 1 is 1.33 bits per heavy atom. The number of ether oxygens (including phenoxy) is 1. The maximum atomic E-state index is 12.5. The highest BCUT2D eigenvalue weighted by Crippen LogP contribution is 2.48. The molecule has 5 nitrogen and oxygen atoms in total. The van der Waals surface area contributed by atoms with Crippen molar-refractivity contribution in [2.24, 2.45) is 5.41 Å². The molecule has 1 aromatic carbocycles. The summed E-state index contributed by atoms with van der Waals surface area (Å²) < 4.78 is 33.0. The van der Waals surface area contributed by atoms with Crippen LogP contribution in [0.5, 0.6) is 5.75 Å². The van der Waals surface area contributed by atoms with Gasteiger partial charge in [0, 0.05) is 13.1 Å². The van der Waals surface area contributed by atoms with Gasteiger partial charge in [-0.2, -0.15) is 0 Å². The fourth-order valence-electron chi connectivity index (χ4n) is 2.40. The fourth-order valence-corrected chi connectivity index (χ4v) is 3.78. The molecule has 6 heteroatoms. The molecule has 118 valence electrons. The van der Waals surface area contributed by atoms with Crippen LogP contribution in [0, 0.1) is 5.41 Å². The zero-order valence-corrected chi connectivity index (χ0v) is 13.7. The first-order valence-corrected chi connectivity index (χ1v) is 8.76. The summed E-state index contributed by atoms with van der Waals surface area (Å²) >= 11 is 0. The van der Waals surface area contributed by atoms with Crippen LogP contribution in [0.25, 0.3) is 0 Å². The summed E-state index contributed by atoms with van der Waals surface area (Å²) in [7, 11) is -0.235. The quantitative estimate of drug-likeness (QED) is 0.769. The molecule has 1 fully saturated rings. The Balaban J connectivity index is 2.22. The smallest absolute Gasteiger partial charge is 0.244 e. The Hall–Kier alpha value is -1.11. The number of hydrogen-bond donors (Lipinski definition) is 2. The molecular weight excluding hydrogens is 288 g/mol. The second-order valence-corrected chi connectivity index (χ2v) is 7.43. The summed E-state index contributed by atoms with van der Waals surface area (Å²) in [6.45, 7) is 3.23. The minimum atomic E-state index is -3.55. The molecule has 21 heavy (non-hydrogen) atoms. The van der Waals surface area contributed by atoms with E-state index in [0.717, 1.165) is 24.8 Å². The summed E-state index contributed by atoms with van der Waals surface area (Å²) in [4.78, 5) is 0.213. The van der Waals surface area contributed by atoms with Gasteiger partial charge in [-0.15, -0.1) is 0 Å². The van der Waals surface area contributed by atoms with Crippen LogP contribution in [-0.2, 0) is 16.6 Å². The van der Waals surface area contributed by atoms with E-state index in [1.54, 1.807) is 12.1 Å². The van der Waals surface area contributed by atoms with Gasteiger partial charge in [-0.3, -0.25) is 0 Å². The van der Waals surface area contributed by atoms with Crippen molar-refractivity contribution >= 4 is 10.0 Å². The third-order valence-electron chi connectivity index (χ3n) is 4.24. The molecule has 0 radical (unpaired) electrons. The van der Waals surface area contributed by atoms with E-state index in [9.17, 15) is 8.42 Å². The van der Waals surface area contributed by atoms with Gasteiger partial charge < -0.3 is 10.1 Å². The van der Waals surface area contributed by atoms with Crippen molar-refractivity contribution in [3.63, 3.8) is 0 Å². The highest BCUT2D eigenvalue weighted by atomic mass is 32.2. The predicted molar refractivity (Wildman–Crippen MR) is 82.9 cm³/mol. The van der Waals surface area contributed by atoms with Gasteiger partial charge in [-0.1, -0.05) is 13.0 Å². The lowest BCUT2D eigenvalue weighted by atomic mass is 10.1. The molecule has 1 aliphatic carbocycles. The standard InChI is InChI=1S/C15H24N2O3S/c1-4-15(7-8-15)11-17-21(18,19)14-9-12(10-16-2)5-6-13(14)20-3/h5-6,9,16-17H,4,7-8,10-11H2,1-3H3. The Morgan fingerprint density at radius 3 is 2.57 bits per heavy atom. The van der Waals surface area contributed by atoms with Gasteiger partial charge in [0.1, 0.15) is 10.6 Å². The first-order valence-electron chi connectivity index (χ1n) is 7.27. The van der Waals surface area contributed by atoms with Crippen LogP contribution in [0.2, 0.25) is 0 Å². The summed E-state index contributed by atoms with van der Waals surface area (Å²) in [5, 5.41) is 3.02. The highest BCUT2D eigenvalue weighted by Gasteiger charge is 2.41. The molecule has 0 unspecified atom stereocenters. The summed E-state index contributed by atoms with van der Waals surface area (Å²) in [6, 6.07) is 5.24. The molecule has 0 atom stereocenters. The second-order valence-electron chi connectivity index (χ2n) is 5.69. The largest absolute Gasteiger partial charge is 0.495 e. The van der Waals surface area contributed by atoms with Crippen molar-refractivity contribution < 1.29 is 13.2 Å². The van der Waals surface area contributed by atoms with E-state index < -0.39 is 10.0 Å². The molecule has 2 N–H and O–H groups in total. The van der Waals surface area contributed by atoms with Crippen LogP contribution in [0.1, 0.15) is 31.7 Å². The van der Waals surface area contributed by atoms with Gasteiger partial charge in [0.25, 0.3) is 0 Å². The second kappa shape index (κ2) is 6.34. The van der Waals surface area contributed by atoms with E-state index in [4.69, 9.17) is 4.74 Å².